The smallest absolute Gasteiger partial charge is 0.276 e. The fraction of sp³-hybridized carbons (Fsp3) is 0.471. The molecule has 1 aliphatic heterocycles. The van der Waals surface area contributed by atoms with E-state index >= 15 is 0 Å². The molecule has 2 N–H and O–H groups in total. The number of hydrogen-bond acceptors (Lipinski definition) is 4. The first-order chi connectivity index (χ1) is 11.9. The number of hydrogen-bond donors (Lipinski definition) is 1. The largest absolute Gasteiger partial charge is 0.337 e. The van der Waals surface area contributed by atoms with Gasteiger partial charge >= 0.3 is 0 Å². The highest BCUT2D eigenvalue weighted by molar-refractivity contribution is 6.30. The second kappa shape index (κ2) is 7.09. The zero-order valence-corrected chi connectivity index (χ0v) is 15.0. The minimum atomic E-state index is -0.503. The Kier molecular flexibility index (Phi) is 5.06. The highest BCUT2D eigenvalue weighted by Crippen LogP contribution is 2.23. The van der Waals surface area contributed by atoms with Crippen LogP contribution in [0.5, 0.6) is 0 Å². The Labute approximate surface area is 150 Å². The molecule has 1 aromatic heterocycles. The summed E-state index contributed by atoms with van der Waals surface area (Å²) in [5.74, 6) is -0.196. The van der Waals surface area contributed by atoms with Crippen LogP contribution in [0.1, 0.15) is 35.9 Å². The number of amides is 1. The van der Waals surface area contributed by atoms with Crippen LogP contribution in [0.3, 0.4) is 0 Å². The summed E-state index contributed by atoms with van der Waals surface area (Å²) in [6.07, 6.45) is 1.79. The summed E-state index contributed by atoms with van der Waals surface area (Å²) >= 11 is 5.82. The molecule has 1 saturated heterocycles. The summed E-state index contributed by atoms with van der Waals surface area (Å²) in [5.41, 5.74) is 7.41. The van der Waals surface area contributed by atoms with E-state index in [1.807, 2.05) is 6.92 Å². The van der Waals surface area contributed by atoms with Gasteiger partial charge in [0.2, 0.25) is 0 Å². The molecular weight excluding hydrogens is 345 g/mol. The van der Waals surface area contributed by atoms with Gasteiger partial charge in [-0.1, -0.05) is 16.8 Å². The van der Waals surface area contributed by atoms with Crippen LogP contribution in [-0.2, 0) is 0 Å². The minimum Gasteiger partial charge on any atom is -0.337 e. The van der Waals surface area contributed by atoms with Gasteiger partial charge in [0.1, 0.15) is 5.82 Å². The van der Waals surface area contributed by atoms with Crippen molar-refractivity contribution in [3.05, 3.63) is 40.4 Å². The SMILES string of the molecule is Cc1c(C(=O)N2CCC(C(C)N)CC2)nnn1-c1ccc(F)c(Cl)c1. The van der Waals surface area contributed by atoms with E-state index in [9.17, 15) is 9.18 Å². The van der Waals surface area contributed by atoms with Crippen molar-refractivity contribution in [3.8, 4) is 5.69 Å². The first-order valence-electron chi connectivity index (χ1n) is 8.31. The third-order valence-electron chi connectivity index (χ3n) is 4.82. The van der Waals surface area contributed by atoms with Crippen LogP contribution in [0.25, 0.3) is 5.69 Å². The highest BCUT2D eigenvalue weighted by Gasteiger charge is 2.28. The maximum absolute atomic E-state index is 13.3. The summed E-state index contributed by atoms with van der Waals surface area (Å²) in [5, 5.41) is 8.07. The minimum absolute atomic E-state index is 0.00162. The topological polar surface area (TPSA) is 77.0 Å². The number of halogens is 2. The number of nitrogens with zero attached hydrogens (tertiary/aromatic N) is 4. The van der Waals surface area contributed by atoms with Crippen molar-refractivity contribution in [3.63, 3.8) is 0 Å². The number of likely N-dealkylation sites (tertiary alicyclic amines) is 1. The molecule has 25 heavy (non-hydrogen) atoms. The molecule has 1 aromatic carbocycles. The molecule has 3 rings (SSSR count). The van der Waals surface area contributed by atoms with E-state index < -0.39 is 5.82 Å². The van der Waals surface area contributed by atoms with Crippen LogP contribution in [0, 0.1) is 18.7 Å². The van der Waals surface area contributed by atoms with Gasteiger partial charge in [0.05, 0.1) is 16.4 Å². The van der Waals surface area contributed by atoms with Crippen molar-refractivity contribution in [2.24, 2.45) is 11.7 Å². The average Bonchev–Trinajstić information content (AvgIpc) is 2.98. The van der Waals surface area contributed by atoms with Gasteiger partial charge in [-0.05, 0) is 50.8 Å². The maximum Gasteiger partial charge on any atom is 0.276 e. The normalized spacial score (nSPS) is 16.9. The zero-order valence-electron chi connectivity index (χ0n) is 14.2. The number of rotatable bonds is 3. The quantitative estimate of drug-likeness (QED) is 0.906. The van der Waals surface area contributed by atoms with Gasteiger partial charge in [0, 0.05) is 19.1 Å². The summed E-state index contributed by atoms with van der Waals surface area (Å²) in [4.78, 5) is 14.5. The lowest BCUT2D eigenvalue weighted by Crippen LogP contribution is -2.42. The second-order valence-electron chi connectivity index (χ2n) is 6.52. The molecule has 2 heterocycles. The molecule has 0 bridgehead atoms. The lowest BCUT2D eigenvalue weighted by molar-refractivity contribution is 0.0674. The molecule has 1 unspecified atom stereocenters. The third-order valence-corrected chi connectivity index (χ3v) is 5.10. The molecule has 0 radical (unpaired) electrons. The molecule has 0 aliphatic carbocycles. The van der Waals surface area contributed by atoms with E-state index in [0.717, 1.165) is 12.8 Å². The van der Waals surface area contributed by atoms with Gasteiger partial charge in [-0.2, -0.15) is 0 Å². The molecule has 1 amide bonds. The molecule has 1 atom stereocenters. The molecule has 2 aromatic rings. The predicted octanol–water partition coefficient (Wildman–Crippen LogP) is 2.57. The number of carbonyl (C=O) groups is 1. The van der Waals surface area contributed by atoms with Gasteiger partial charge < -0.3 is 10.6 Å². The highest BCUT2D eigenvalue weighted by atomic mass is 35.5. The van der Waals surface area contributed by atoms with Crippen LogP contribution < -0.4 is 5.73 Å². The van der Waals surface area contributed by atoms with E-state index in [1.54, 1.807) is 17.9 Å². The van der Waals surface area contributed by atoms with Crippen molar-refractivity contribution < 1.29 is 9.18 Å². The molecule has 1 aliphatic rings. The fourth-order valence-electron chi connectivity index (χ4n) is 3.17. The molecule has 8 heteroatoms. The molecule has 0 spiro atoms. The summed E-state index contributed by atoms with van der Waals surface area (Å²) in [7, 11) is 0. The van der Waals surface area contributed by atoms with Gasteiger partial charge in [0.25, 0.3) is 5.91 Å². The van der Waals surface area contributed by atoms with Crippen molar-refractivity contribution >= 4 is 17.5 Å². The standard InChI is InChI=1S/C17H21ClFN5O/c1-10(20)12-5-7-23(8-6-12)17(25)16-11(2)24(22-21-16)13-3-4-15(19)14(18)9-13/h3-4,9-10,12H,5-8,20H2,1-2H3. The number of nitrogens with two attached hydrogens (primary N) is 1. The van der Waals surface area contributed by atoms with Crippen molar-refractivity contribution in [1.29, 1.82) is 0 Å². The van der Waals surface area contributed by atoms with Crippen molar-refractivity contribution in [2.45, 2.75) is 32.7 Å². The van der Waals surface area contributed by atoms with E-state index in [0.29, 0.717) is 36.1 Å². The number of aromatic nitrogens is 3. The first kappa shape index (κ1) is 17.8. The lowest BCUT2D eigenvalue weighted by Gasteiger charge is -2.33. The van der Waals surface area contributed by atoms with Crippen molar-refractivity contribution in [1.82, 2.24) is 19.9 Å². The van der Waals surface area contributed by atoms with Crippen LogP contribution >= 0.6 is 11.6 Å². The number of carbonyl (C=O) groups excluding carboxylic acids is 1. The summed E-state index contributed by atoms with van der Waals surface area (Å²) in [6.45, 7) is 5.10. The predicted molar refractivity (Wildman–Crippen MR) is 93.3 cm³/mol. The molecule has 134 valence electrons. The molecular formula is C17H21ClFN5O. The van der Waals surface area contributed by atoms with Gasteiger partial charge in [-0.25, -0.2) is 9.07 Å². The van der Waals surface area contributed by atoms with Gasteiger partial charge in [-0.15, -0.1) is 5.10 Å². The van der Waals surface area contributed by atoms with E-state index in [1.165, 1.54) is 16.8 Å². The Morgan fingerprint density at radius 2 is 2.08 bits per heavy atom. The number of piperidine rings is 1. The Hall–Kier alpha value is -1.99. The number of benzene rings is 1. The second-order valence-corrected chi connectivity index (χ2v) is 6.93. The van der Waals surface area contributed by atoms with Crippen LogP contribution in [-0.4, -0.2) is 44.9 Å². The molecule has 1 fully saturated rings. The van der Waals surface area contributed by atoms with Crippen molar-refractivity contribution in [2.75, 3.05) is 13.1 Å². The Morgan fingerprint density at radius 3 is 2.68 bits per heavy atom. The first-order valence-corrected chi connectivity index (χ1v) is 8.69. The summed E-state index contributed by atoms with van der Waals surface area (Å²) in [6, 6.07) is 4.41. The van der Waals surface area contributed by atoms with Gasteiger partial charge in [0.15, 0.2) is 5.69 Å². The van der Waals surface area contributed by atoms with Crippen LogP contribution in [0.4, 0.5) is 4.39 Å². The zero-order chi connectivity index (χ0) is 18.1. The van der Waals surface area contributed by atoms with E-state index in [-0.39, 0.29) is 17.0 Å². The van der Waals surface area contributed by atoms with E-state index in [2.05, 4.69) is 10.3 Å². The van der Waals surface area contributed by atoms with Gasteiger partial charge in [-0.3, -0.25) is 4.79 Å². The summed E-state index contributed by atoms with van der Waals surface area (Å²) < 4.78 is 14.8. The lowest BCUT2D eigenvalue weighted by atomic mass is 9.91. The molecule has 0 saturated carbocycles. The van der Waals surface area contributed by atoms with Crippen LogP contribution in [0.2, 0.25) is 5.02 Å². The third kappa shape index (κ3) is 3.52. The maximum atomic E-state index is 13.3. The van der Waals surface area contributed by atoms with Crippen LogP contribution in [0.15, 0.2) is 18.2 Å². The average molecular weight is 366 g/mol. The Bertz CT molecular complexity index is 783. The Balaban J connectivity index is 1.79. The Morgan fingerprint density at radius 1 is 1.40 bits per heavy atom. The monoisotopic (exact) mass is 365 g/mol. The van der Waals surface area contributed by atoms with E-state index in [4.69, 9.17) is 17.3 Å². The fourth-order valence-corrected chi connectivity index (χ4v) is 3.34. The molecule has 6 nitrogen and oxygen atoms in total.